The largest absolute Gasteiger partial charge is 0.445 e. The van der Waals surface area contributed by atoms with Gasteiger partial charge >= 0.3 is 0 Å². The molecule has 0 radical (unpaired) electrons. The molecule has 0 aromatic carbocycles. The Bertz CT molecular complexity index is 323. The van der Waals surface area contributed by atoms with E-state index in [-0.39, 0.29) is 0 Å². The Morgan fingerprint density at radius 2 is 2.47 bits per heavy atom. The van der Waals surface area contributed by atoms with Gasteiger partial charge in [-0.3, -0.25) is 4.90 Å². The lowest BCUT2D eigenvalue weighted by atomic mass is 9.99. The van der Waals surface area contributed by atoms with Gasteiger partial charge in [0.1, 0.15) is 5.76 Å². The molecule has 0 saturated carbocycles. The van der Waals surface area contributed by atoms with E-state index in [4.69, 9.17) is 10.2 Å². The van der Waals surface area contributed by atoms with Gasteiger partial charge in [-0.1, -0.05) is 0 Å². The van der Waals surface area contributed by atoms with E-state index in [2.05, 4.69) is 16.8 Å². The minimum atomic E-state index is 0.363. The molecule has 1 aromatic heterocycles. The number of nitrogens with two attached hydrogens (primary N) is 1. The smallest absolute Gasteiger partial charge is 0.208 e. The fraction of sp³-hybridized carbons (Fsp3) is 0.727. The normalized spacial score (nSPS) is 28.2. The van der Waals surface area contributed by atoms with Crippen molar-refractivity contribution in [1.82, 2.24) is 9.88 Å². The maximum absolute atomic E-state index is 5.92. The van der Waals surface area contributed by atoms with Crippen LogP contribution in [0.15, 0.2) is 10.6 Å². The standard InChI is InChI=1S/C11H19N3O/c1-8-5-10(12)3-4-14(8)7-11-13-6-9(2)15-11/h6,8,10H,3-5,7,12H2,1-2H3. The first-order valence-corrected chi connectivity index (χ1v) is 5.56. The summed E-state index contributed by atoms with van der Waals surface area (Å²) in [6.45, 7) is 5.99. The van der Waals surface area contributed by atoms with E-state index in [0.717, 1.165) is 37.6 Å². The van der Waals surface area contributed by atoms with E-state index in [1.165, 1.54) is 0 Å². The molecule has 0 spiro atoms. The molecule has 2 unspecified atom stereocenters. The van der Waals surface area contributed by atoms with Gasteiger partial charge in [0.05, 0.1) is 12.7 Å². The third-order valence-electron chi connectivity index (χ3n) is 3.06. The minimum Gasteiger partial charge on any atom is -0.445 e. The van der Waals surface area contributed by atoms with Crippen LogP contribution in [0.1, 0.15) is 31.4 Å². The summed E-state index contributed by atoms with van der Waals surface area (Å²) in [4.78, 5) is 6.61. The van der Waals surface area contributed by atoms with Crippen molar-refractivity contribution in [2.45, 2.75) is 45.3 Å². The van der Waals surface area contributed by atoms with E-state index >= 15 is 0 Å². The maximum atomic E-state index is 5.92. The first-order chi connectivity index (χ1) is 7.15. The molecule has 1 aliphatic rings. The Morgan fingerprint density at radius 3 is 3.07 bits per heavy atom. The molecule has 0 amide bonds. The molecule has 4 heteroatoms. The quantitative estimate of drug-likeness (QED) is 0.797. The average molecular weight is 209 g/mol. The van der Waals surface area contributed by atoms with Crippen LogP contribution in [0.25, 0.3) is 0 Å². The van der Waals surface area contributed by atoms with Gasteiger partial charge in [-0.05, 0) is 26.7 Å². The molecule has 0 aliphatic carbocycles. The highest BCUT2D eigenvalue weighted by molar-refractivity contribution is 4.92. The molecule has 2 atom stereocenters. The highest BCUT2D eigenvalue weighted by Gasteiger charge is 2.24. The number of hydrogen-bond donors (Lipinski definition) is 1. The minimum absolute atomic E-state index is 0.363. The molecule has 2 rings (SSSR count). The van der Waals surface area contributed by atoms with Crippen molar-refractivity contribution in [3.8, 4) is 0 Å². The second-order valence-electron chi connectivity index (χ2n) is 4.47. The molecule has 4 nitrogen and oxygen atoms in total. The van der Waals surface area contributed by atoms with Crippen molar-refractivity contribution in [3.05, 3.63) is 17.8 Å². The fourth-order valence-corrected chi connectivity index (χ4v) is 2.14. The first kappa shape index (κ1) is 10.6. The van der Waals surface area contributed by atoms with Crippen molar-refractivity contribution in [1.29, 1.82) is 0 Å². The molecular weight excluding hydrogens is 190 g/mol. The van der Waals surface area contributed by atoms with Gasteiger partial charge in [0.2, 0.25) is 5.89 Å². The highest BCUT2D eigenvalue weighted by atomic mass is 16.4. The molecular formula is C11H19N3O. The third kappa shape index (κ3) is 2.58. The van der Waals surface area contributed by atoms with E-state index in [0.29, 0.717) is 12.1 Å². The van der Waals surface area contributed by atoms with E-state index in [1.807, 2.05) is 6.92 Å². The molecule has 1 fully saturated rings. The number of oxazole rings is 1. The van der Waals surface area contributed by atoms with Crippen LogP contribution in [0.3, 0.4) is 0 Å². The van der Waals surface area contributed by atoms with E-state index < -0.39 is 0 Å². The van der Waals surface area contributed by atoms with Crippen LogP contribution >= 0.6 is 0 Å². The summed E-state index contributed by atoms with van der Waals surface area (Å²) in [5, 5.41) is 0. The molecule has 84 valence electrons. The van der Waals surface area contributed by atoms with Crippen molar-refractivity contribution < 1.29 is 4.42 Å². The number of hydrogen-bond acceptors (Lipinski definition) is 4. The van der Waals surface area contributed by atoms with Gasteiger partial charge in [0.25, 0.3) is 0 Å². The van der Waals surface area contributed by atoms with Crippen molar-refractivity contribution >= 4 is 0 Å². The van der Waals surface area contributed by atoms with Gasteiger partial charge in [-0.2, -0.15) is 0 Å². The van der Waals surface area contributed by atoms with E-state index in [1.54, 1.807) is 6.20 Å². The monoisotopic (exact) mass is 209 g/mol. The van der Waals surface area contributed by atoms with Crippen LogP contribution in [-0.4, -0.2) is 28.5 Å². The van der Waals surface area contributed by atoms with Crippen LogP contribution in [0, 0.1) is 6.92 Å². The molecule has 2 N–H and O–H groups in total. The zero-order valence-corrected chi connectivity index (χ0v) is 9.44. The Kier molecular flexibility index (Phi) is 3.07. The second kappa shape index (κ2) is 4.33. The number of aromatic nitrogens is 1. The number of likely N-dealkylation sites (tertiary alicyclic amines) is 1. The SMILES string of the molecule is Cc1cnc(CN2CCC(N)CC2C)o1. The number of piperidine rings is 1. The lowest BCUT2D eigenvalue weighted by Gasteiger charge is -2.35. The van der Waals surface area contributed by atoms with Crippen molar-refractivity contribution in [2.24, 2.45) is 5.73 Å². The maximum Gasteiger partial charge on any atom is 0.208 e. The summed E-state index contributed by atoms with van der Waals surface area (Å²) in [6.07, 6.45) is 3.92. The Hall–Kier alpha value is -0.870. The molecule has 1 aliphatic heterocycles. The van der Waals surface area contributed by atoms with Gasteiger partial charge in [-0.15, -0.1) is 0 Å². The molecule has 1 saturated heterocycles. The molecule has 2 heterocycles. The van der Waals surface area contributed by atoms with Crippen LogP contribution in [0.2, 0.25) is 0 Å². The Labute approximate surface area is 90.5 Å². The van der Waals surface area contributed by atoms with Crippen LogP contribution in [-0.2, 0) is 6.54 Å². The van der Waals surface area contributed by atoms with Crippen LogP contribution < -0.4 is 5.73 Å². The van der Waals surface area contributed by atoms with Gasteiger partial charge in [0, 0.05) is 18.6 Å². The highest BCUT2D eigenvalue weighted by Crippen LogP contribution is 2.18. The van der Waals surface area contributed by atoms with Crippen molar-refractivity contribution in [3.63, 3.8) is 0 Å². The zero-order valence-electron chi connectivity index (χ0n) is 9.44. The lowest BCUT2D eigenvalue weighted by Crippen LogP contribution is -2.45. The third-order valence-corrected chi connectivity index (χ3v) is 3.06. The van der Waals surface area contributed by atoms with Crippen LogP contribution in [0.4, 0.5) is 0 Å². The second-order valence-corrected chi connectivity index (χ2v) is 4.47. The fourth-order valence-electron chi connectivity index (χ4n) is 2.14. The Balaban J connectivity index is 1.94. The first-order valence-electron chi connectivity index (χ1n) is 5.56. The van der Waals surface area contributed by atoms with E-state index in [9.17, 15) is 0 Å². The Morgan fingerprint density at radius 1 is 1.67 bits per heavy atom. The molecule has 0 bridgehead atoms. The summed E-state index contributed by atoms with van der Waals surface area (Å²) >= 11 is 0. The zero-order chi connectivity index (χ0) is 10.8. The average Bonchev–Trinajstić information content (AvgIpc) is 2.56. The molecule has 1 aromatic rings. The van der Waals surface area contributed by atoms with Gasteiger partial charge < -0.3 is 10.2 Å². The summed E-state index contributed by atoms with van der Waals surface area (Å²) in [6, 6.07) is 0.892. The summed E-state index contributed by atoms with van der Waals surface area (Å²) in [7, 11) is 0. The topological polar surface area (TPSA) is 55.3 Å². The van der Waals surface area contributed by atoms with Crippen LogP contribution in [0.5, 0.6) is 0 Å². The van der Waals surface area contributed by atoms with Crippen molar-refractivity contribution in [2.75, 3.05) is 6.54 Å². The van der Waals surface area contributed by atoms with Gasteiger partial charge in [0.15, 0.2) is 0 Å². The summed E-state index contributed by atoms with van der Waals surface area (Å²) in [5.74, 6) is 1.70. The number of aryl methyl sites for hydroxylation is 1. The summed E-state index contributed by atoms with van der Waals surface area (Å²) < 4.78 is 5.48. The molecule has 15 heavy (non-hydrogen) atoms. The van der Waals surface area contributed by atoms with Gasteiger partial charge in [-0.25, -0.2) is 4.98 Å². The lowest BCUT2D eigenvalue weighted by molar-refractivity contribution is 0.127. The predicted molar refractivity (Wildman–Crippen MR) is 58.3 cm³/mol. The number of rotatable bonds is 2. The summed E-state index contributed by atoms with van der Waals surface area (Å²) in [5.41, 5.74) is 5.92. The number of nitrogens with zero attached hydrogens (tertiary/aromatic N) is 2. The predicted octanol–water partition coefficient (Wildman–Crippen LogP) is 1.29.